The van der Waals surface area contributed by atoms with Crippen LogP contribution in [0.3, 0.4) is 0 Å². The monoisotopic (exact) mass is 972 g/mol. The molecule has 1 saturated heterocycles. The standard InChI is InChI=1S/C48H64N2O19/c1-10-62-41(58)27(49)18-31(53)63-21-32(54)66-36(34(25-16-17-25)50-43(60)69-44(4,5)6)42(59)65-28-20-48(61)39(67-40(57)26-14-12-11-13-15-26)37-46(9,38(56)35(55)33(23(28)2)45(48,7)8)29(52)19-30-47(37,22-64-30)68-24(3)51/h11-15,25,27-30,34-37,39,52,55,61H,10,16-22,49H2,1-9H3,(H,50,60)/t27-,28-,29-,30+,34?,35+,36?,37-,39-,46+,47-,48+/m0/s1. The molecule has 1 amide bonds. The van der Waals surface area contributed by atoms with Gasteiger partial charge in [0.2, 0.25) is 6.10 Å². The lowest BCUT2D eigenvalue weighted by Crippen LogP contribution is -2.81. The number of ether oxygens (including phenoxy) is 8. The molecule has 5 aliphatic rings. The quantitative estimate of drug-likeness (QED) is 0.0948. The third-order valence-corrected chi connectivity index (χ3v) is 14.1. The van der Waals surface area contributed by atoms with E-state index in [9.17, 15) is 48.9 Å². The Balaban J connectivity index is 1.43. The number of aliphatic hydroxyl groups excluding tert-OH is 2. The zero-order chi connectivity index (χ0) is 51.2. The second kappa shape index (κ2) is 19.7. The van der Waals surface area contributed by atoms with Crippen LogP contribution in [0, 0.1) is 22.7 Å². The van der Waals surface area contributed by atoms with Gasteiger partial charge in [-0.05, 0) is 83.6 Å². The maximum absolute atomic E-state index is 15.1. The van der Waals surface area contributed by atoms with Gasteiger partial charge in [-0.1, -0.05) is 32.0 Å². The summed E-state index contributed by atoms with van der Waals surface area (Å²) < 4.78 is 45.3. The van der Waals surface area contributed by atoms with Gasteiger partial charge in [-0.15, -0.1) is 0 Å². The van der Waals surface area contributed by atoms with Crippen LogP contribution in [-0.2, 0) is 66.7 Å². The summed E-state index contributed by atoms with van der Waals surface area (Å²) in [7, 11) is 0. The number of aliphatic hydroxyl groups is 3. The van der Waals surface area contributed by atoms with Crippen LogP contribution in [0.5, 0.6) is 0 Å². The van der Waals surface area contributed by atoms with E-state index in [1.807, 2.05) is 0 Å². The summed E-state index contributed by atoms with van der Waals surface area (Å²) in [6.45, 7) is 11.8. The molecule has 2 unspecified atom stereocenters. The van der Waals surface area contributed by atoms with E-state index in [2.05, 4.69) is 5.32 Å². The fourth-order valence-corrected chi connectivity index (χ4v) is 10.5. The van der Waals surface area contributed by atoms with Gasteiger partial charge in [-0.25, -0.2) is 19.2 Å². The zero-order valence-electron chi connectivity index (χ0n) is 40.3. The van der Waals surface area contributed by atoms with Crippen molar-refractivity contribution in [1.29, 1.82) is 0 Å². The highest BCUT2D eigenvalue weighted by Gasteiger charge is 2.78. The van der Waals surface area contributed by atoms with Crippen molar-refractivity contribution in [2.45, 2.75) is 160 Å². The summed E-state index contributed by atoms with van der Waals surface area (Å²) in [5, 5.41) is 40.5. The first-order valence-corrected chi connectivity index (χ1v) is 23.0. The minimum atomic E-state index is -2.47. The molecule has 380 valence electrons. The van der Waals surface area contributed by atoms with E-state index in [4.69, 9.17) is 43.6 Å². The Morgan fingerprint density at radius 1 is 0.957 bits per heavy atom. The van der Waals surface area contributed by atoms with Gasteiger partial charge in [0.05, 0.1) is 48.7 Å². The number of amides is 1. The number of hydrogen-bond acceptors (Lipinski definition) is 20. The second-order valence-electron chi connectivity index (χ2n) is 20.2. The summed E-state index contributed by atoms with van der Waals surface area (Å²) in [5.41, 5.74) is -3.44. The van der Waals surface area contributed by atoms with Gasteiger partial charge in [-0.3, -0.25) is 19.2 Å². The van der Waals surface area contributed by atoms with Crippen LogP contribution < -0.4 is 11.1 Å². The maximum atomic E-state index is 15.1. The van der Waals surface area contributed by atoms with E-state index in [1.165, 1.54) is 39.8 Å². The topological polar surface area (TPSA) is 309 Å². The summed E-state index contributed by atoms with van der Waals surface area (Å²) in [4.78, 5) is 108. The van der Waals surface area contributed by atoms with Gasteiger partial charge in [0.15, 0.2) is 18.0 Å². The molecular formula is C48H64N2O19. The fraction of sp³-hybridized carbons (Fsp3) is 0.667. The number of alkyl carbamates (subject to hydrolysis) is 1. The molecule has 2 bridgehead atoms. The van der Waals surface area contributed by atoms with Crippen molar-refractivity contribution in [3.05, 3.63) is 47.0 Å². The number of carbonyl (C=O) groups is 8. The highest BCUT2D eigenvalue weighted by molar-refractivity contribution is 5.94. The zero-order valence-corrected chi connectivity index (χ0v) is 40.3. The molecule has 21 nitrogen and oxygen atoms in total. The van der Waals surface area contributed by atoms with E-state index in [-0.39, 0.29) is 36.3 Å². The lowest BCUT2D eigenvalue weighted by molar-refractivity contribution is -0.346. The third kappa shape index (κ3) is 10.2. The van der Waals surface area contributed by atoms with Gasteiger partial charge >= 0.3 is 41.9 Å². The van der Waals surface area contributed by atoms with Crippen LogP contribution in [0.1, 0.15) is 105 Å². The summed E-state index contributed by atoms with van der Waals surface area (Å²) in [6.07, 6.45) is -11.9. The molecule has 3 saturated carbocycles. The number of hydrogen-bond donors (Lipinski definition) is 5. The number of nitrogens with one attached hydrogen (secondary N) is 1. The van der Waals surface area contributed by atoms with E-state index in [0.29, 0.717) is 12.8 Å². The molecule has 0 aromatic heterocycles. The van der Waals surface area contributed by atoms with E-state index in [1.54, 1.807) is 45.9 Å². The number of fused-ring (bicyclic) bond motifs is 5. The molecule has 6 rings (SSSR count). The number of rotatable bonds is 15. The van der Waals surface area contributed by atoms with E-state index >= 15 is 4.79 Å². The highest BCUT2D eigenvalue weighted by Crippen LogP contribution is 2.64. The van der Waals surface area contributed by atoms with Crippen molar-refractivity contribution >= 4 is 47.7 Å². The minimum absolute atomic E-state index is 0.00284. The van der Waals surface area contributed by atoms with Crippen LogP contribution in [-0.4, -0.2) is 148 Å². The van der Waals surface area contributed by atoms with E-state index in [0.717, 1.165) is 6.92 Å². The SMILES string of the molecule is CCOC(=O)[C@@H](N)CC(=O)OCC(=O)OC(C(=O)O[C@H]1C[C@@]2(O)[C@@H](OC(=O)c3ccccc3)[C@@H]3[C@]4(OC(C)=O)CO[C@@H]4C[C@H](O)[C@@]3(C)C(=O)[C@H](O)C(=C1C)C2(C)C)C(NC(=O)OC(C)(C)C)C1CC1. The lowest BCUT2D eigenvalue weighted by atomic mass is 9.44. The second-order valence-corrected chi connectivity index (χ2v) is 20.2. The highest BCUT2D eigenvalue weighted by atomic mass is 16.6. The van der Waals surface area contributed by atoms with Gasteiger partial charge in [-0.2, -0.15) is 0 Å². The average Bonchev–Trinajstić information content (AvgIpc) is 4.11. The summed E-state index contributed by atoms with van der Waals surface area (Å²) in [6, 6.07) is 4.98. The number of ketones is 1. The van der Waals surface area contributed by atoms with Gasteiger partial charge in [0, 0.05) is 25.2 Å². The first-order valence-electron chi connectivity index (χ1n) is 23.0. The molecule has 1 aliphatic heterocycles. The normalized spacial score (nSPS) is 31.5. The Morgan fingerprint density at radius 3 is 2.17 bits per heavy atom. The smallest absolute Gasteiger partial charge is 0.408 e. The molecule has 12 atom stereocenters. The number of benzene rings is 1. The number of Topliss-reactive ketones (excluding diaryl/α,β-unsaturated/α-hetero) is 1. The molecular weight excluding hydrogens is 909 g/mol. The van der Waals surface area contributed by atoms with Crippen molar-refractivity contribution in [2.75, 3.05) is 19.8 Å². The Morgan fingerprint density at radius 2 is 1.61 bits per heavy atom. The number of esters is 6. The largest absolute Gasteiger partial charge is 0.465 e. The molecule has 69 heavy (non-hydrogen) atoms. The van der Waals surface area contributed by atoms with Crippen LogP contribution in [0.2, 0.25) is 0 Å². The van der Waals surface area contributed by atoms with Crippen molar-refractivity contribution in [3.8, 4) is 0 Å². The van der Waals surface area contributed by atoms with Crippen molar-refractivity contribution in [2.24, 2.45) is 28.4 Å². The average molecular weight is 973 g/mol. The molecule has 21 heteroatoms. The van der Waals surface area contributed by atoms with Crippen LogP contribution in [0.15, 0.2) is 41.5 Å². The first kappa shape index (κ1) is 52.9. The summed E-state index contributed by atoms with van der Waals surface area (Å²) in [5.74, 6) is -9.39. The number of nitrogens with two attached hydrogens (primary N) is 1. The molecule has 4 fully saturated rings. The Hall–Kier alpha value is -5.48. The van der Waals surface area contributed by atoms with Crippen molar-refractivity contribution < 1.29 is 91.6 Å². The molecule has 1 heterocycles. The molecule has 0 spiro atoms. The Bertz CT molecular complexity index is 2240. The molecule has 4 aliphatic carbocycles. The van der Waals surface area contributed by atoms with Crippen molar-refractivity contribution in [1.82, 2.24) is 5.32 Å². The van der Waals surface area contributed by atoms with Crippen LogP contribution >= 0.6 is 0 Å². The lowest BCUT2D eigenvalue weighted by Gasteiger charge is -2.67. The molecule has 1 aromatic carbocycles. The maximum Gasteiger partial charge on any atom is 0.408 e. The third-order valence-electron chi connectivity index (χ3n) is 14.1. The molecule has 0 radical (unpaired) electrons. The summed E-state index contributed by atoms with van der Waals surface area (Å²) >= 11 is 0. The Kier molecular flexibility index (Phi) is 15.1. The van der Waals surface area contributed by atoms with Gasteiger partial charge in [0.1, 0.15) is 41.7 Å². The van der Waals surface area contributed by atoms with Gasteiger partial charge in [0.25, 0.3) is 0 Å². The Labute approximate surface area is 399 Å². The van der Waals surface area contributed by atoms with Gasteiger partial charge < -0.3 is 64.3 Å². The predicted molar refractivity (Wildman–Crippen MR) is 235 cm³/mol. The predicted octanol–water partition coefficient (Wildman–Crippen LogP) is 1.67. The van der Waals surface area contributed by atoms with E-state index < -0.39 is 155 Å². The van der Waals surface area contributed by atoms with Crippen LogP contribution in [0.25, 0.3) is 0 Å². The van der Waals surface area contributed by atoms with Crippen LogP contribution in [0.4, 0.5) is 4.79 Å². The molecule has 6 N–H and O–H groups in total. The number of carbonyl (C=O) groups excluding carboxylic acids is 8. The molecule has 1 aromatic rings. The minimum Gasteiger partial charge on any atom is -0.465 e. The first-order chi connectivity index (χ1) is 32.1. The van der Waals surface area contributed by atoms with Crippen molar-refractivity contribution in [3.63, 3.8) is 0 Å². The fourth-order valence-electron chi connectivity index (χ4n) is 10.5.